The summed E-state index contributed by atoms with van der Waals surface area (Å²) in [6.45, 7) is 1.76. The quantitative estimate of drug-likeness (QED) is 0.780. The molecule has 1 aromatic heterocycles. The largest absolute Gasteiger partial charge is 0.495 e. The Hall–Kier alpha value is -2.93. The number of hydrogen-bond acceptors (Lipinski definition) is 6. The van der Waals surface area contributed by atoms with Gasteiger partial charge in [-0.2, -0.15) is 0 Å². The van der Waals surface area contributed by atoms with E-state index in [1.807, 2.05) is 6.07 Å². The van der Waals surface area contributed by atoms with E-state index in [1.54, 1.807) is 31.3 Å². The molecule has 0 aliphatic carbocycles. The van der Waals surface area contributed by atoms with E-state index in [0.29, 0.717) is 22.6 Å². The second-order valence-corrected chi connectivity index (χ2v) is 5.60. The Morgan fingerprint density at radius 1 is 1.20 bits per heavy atom. The van der Waals surface area contributed by atoms with Gasteiger partial charge < -0.3 is 20.5 Å². The van der Waals surface area contributed by atoms with E-state index >= 15 is 0 Å². The van der Waals surface area contributed by atoms with E-state index in [9.17, 15) is 9.59 Å². The zero-order valence-corrected chi connectivity index (χ0v) is 14.4. The zero-order valence-electron chi connectivity index (χ0n) is 14.4. The van der Waals surface area contributed by atoms with Gasteiger partial charge in [-0.15, -0.1) is 0 Å². The van der Waals surface area contributed by atoms with Crippen molar-refractivity contribution >= 4 is 17.6 Å². The number of ether oxygens (including phenoxy) is 2. The van der Waals surface area contributed by atoms with E-state index in [4.69, 9.17) is 15.2 Å². The Morgan fingerprint density at radius 2 is 1.96 bits per heavy atom. The van der Waals surface area contributed by atoms with Gasteiger partial charge in [-0.05, 0) is 30.7 Å². The first-order valence-corrected chi connectivity index (χ1v) is 7.71. The Kier molecular flexibility index (Phi) is 6.08. The molecule has 0 saturated heterocycles. The zero-order chi connectivity index (χ0) is 18.4. The van der Waals surface area contributed by atoms with Gasteiger partial charge in [0.05, 0.1) is 25.5 Å². The van der Waals surface area contributed by atoms with Crippen LogP contribution >= 0.6 is 0 Å². The number of anilines is 1. The Labute approximate surface area is 146 Å². The SMILES string of the molecule is COC(=O)c1cncc(-c2ccc(OC)c(NC(=O)CC(C)N)c2)c1. The summed E-state index contributed by atoms with van der Waals surface area (Å²) < 4.78 is 9.99. The maximum atomic E-state index is 12.0. The summed E-state index contributed by atoms with van der Waals surface area (Å²) in [6, 6.07) is 6.75. The molecule has 0 saturated carbocycles. The first kappa shape index (κ1) is 18.4. The van der Waals surface area contributed by atoms with Crippen molar-refractivity contribution in [2.45, 2.75) is 19.4 Å². The number of rotatable bonds is 6. The van der Waals surface area contributed by atoms with Gasteiger partial charge in [0, 0.05) is 30.4 Å². The standard InChI is InChI=1S/C18H21N3O4/c1-11(19)6-17(22)21-15-8-12(4-5-16(15)24-2)13-7-14(10-20-9-13)18(23)25-3/h4-5,7-11H,6,19H2,1-3H3,(H,21,22). The summed E-state index contributed by atoms with van der Waals surface area (Å²) in [4.78, 5) is 27.7. The van der Waals surface area contributed by atoms with E-state index < -0.39 is 5.97 Å². The molecule has 1 atom stereocenters. The molecular formula is C18H21N3O4. The van der Waals surface area contributed by atoms with Gasteiger partial charge in [-0.1, -0.05) is 6.07 Å². The first-order valence-electron chi connectivity index (χ1n) is 7.71. The van der Waals surface area contributed by atoms with Gasteiger partial charge in [0.1, 0.15) is 5.75 Å². The number of carbonyl (C=O) groups is 2. The summed E-state index contributed by atoms with van der Waals surface area (Å²) in [7, 11) is 2.84. The highest BCUT2D eigenvalue weighted by molar-refractivity contribution is 5.94. The highest BCUT2D eigenvalue weighted by atomic mass is 16.5. The number of benzene rings is 1. The summed E-state index contributed by atoms with van der Waals surface area (Å²) >= 11 is 0. The van der Waals surface area contributed by atoms with Crippen molar-refractivity contribution in [3.8, 4) is 16.9 Å². The van der Waals surface area contributed by atoms with Gasteiger partial charge >= 0.3 is 5.97 Å². The maximum Gasteiger partial charge on any atom is 0.339 e. The molecule has 0 spiro atoms. The number of hydrogen-bond donors (Lipinski definition) is 2. The van der Waals surface area contributed by atoms with Gasteiger partial charge in [0.2, 0.25) is 5.91 Å². The van der Waals surface area contributed by atoms with Crippen LogP contribution in [-0.4, -0.2) is 37.1 Å². The van der Waals surface area contributed by atoms with Crippen LogP contribution in [0.5, 0.6) is 5.75 Å². The molecule has 7 heteroatoms. The van der Waals surface area contributed by atoms with Gasteiger partial charge in [0.25, 0.3) is 0 Å². The first-order chi connectivity index (χ1) is 11.9. The predicted molar refractivity (Wildman–Crippen MR) is 94.5 cm³/mol. The molecule has 0 fully saturated rings. The summed E-state index contributed by atoms with van der Waals surface area (Å²) in [5.74, 6) is -0.140. The van der Waals surface area contributed by atoms with Gasteiger partial charge in [-0.3, -0.25) is 9.78 Å². The molecule has 0 aliphatic rings. The van der Waals surface area contributed by atoms with E-state index in [0.717, 1.165) is 5.56 Å². The molecule has 2 rings (SSSR count). The van der Waals surface area contributed by atoms with E-state index in [1.165, 1.54) is 20.4 Å². The topological polar surface area (TPSA) is 104 Å². The van der Waals surface area contributed by atoms with Crippen LogP contribution in [0.1, 0.15) is 23.7 Å². The van der Waals surface area contributed by atoms with Crippen LogP contribution in [0, 0.1) is 0 Å². The number of nitrogens with zero attached hydrogens (tertiary/aromatic N) is 1. The van der Waals surface area contributed by atoms with Crippen molar-refractivity contribution in [3.63, 3.8) is 0 Å². The number of methoxy groups -OCH3 is 2. The lowest BCUT2D eigenvalue weighted by molar-refractivity contribution is -0.116. The average Bonchev–Trinajstić information content (AvgIpc) is 2.60. The number of carbonyl (C=O) groups excluding carboxylic acids is 2. The van der Waals surface area contributed by atoms with Crippen molar-refractivity contribution in [2.24, 2.45) is 5.73 Å². The molecule has 1 aromatic carbocycles. The molecule has 0 bridgehead atoms. The van der Waals surface area contributed by atoms with Crippen LogP contribution in [0.15, 0.2) is 36.7 Å². The highest BCUT2D eigenvalue weighted by Crippen LogP contribution is 2.31. The van der Waals surface area contributed by atoms with E-state index in [2.05, 4.69) is 10.3 Å². The smallest absolute Gasteiger partial charge is 0.339 e. The van der Waals surface area contributed by atoms with Crippen LogP contribution in [0.4, 0.5) is 5.69 Å². The van der Waals surface area contributed by atoms with Crippen LogP contribution in [0.2, 0.25) is 0 Å². The minimum atomic E-state index is -0.465. The van der Waals surface area contributed by atoms with Crippen molar-refractivity contribution in [3.05, 3.63) is 42.2 Å². The maximum absolute atomic E-state index is 12.0. The fourth-order valence-electron chi connectivity index (χ4n) is 2.31. The van der Waals surface area contributed by atoms with Crippen LogP contribution < -0.4 is 15.8 Å². The van der Waals surface area contributed by atoms with Gasteiger partial charge in [-0.25, -0.2) is 4.79 Å². The Bertz CT molecular complexity index is 775. The second-order valence-electron chi connectivity index (χ2n) is 5.60. The normalized spacial score (nSPS) is 11.5. The molecule has 1 unspecified atom stereocenters. The molecule has 0 aliphatic heterocycles. The number of esters is 1. The highest BCUT2D eigenvalue weighted by Gasteiger charge is 2.13. The Balaban J connectivity index is 2.35. The lowest BCUT2D eigenvalue weighted by atomic mass is 10.0. The fourth-order valence-corrected chi connectivity index (χ4v) is 2.31. The van der Waals surface area contributed by atoms with Crippen molar-refractivity contribution in [1.82, 2.24) is 4.98 Å². The summed E-state index contributed by atoms with van der Waals surface area (Å²) in [5, 5.41) is 2.80. The number of amides is 1. The van der Waals surface area contributed by atoms with Crippen LogP contribution in [0.25, 0.3) is 11.1 Å². The molecule has 25 heavy (non-hydrogen) atoms. The summed E-state index contributed by atoms with van der Waals surface area (Å²) in [6.07, 6.45) is 3.26. The van der Waals surface area contributed by atoms with Crippen molar-refractivity contribution < 1.29 is 19.1 Å². The molecule has 3 N–H and O–H groups in total. The number of nitrogens with one attached hydrogen (secondary N) is 1. The Morgan fingerprint density at radius 3 is 2.60 bits per heavy atom. The van der Waals surface area contributed by atoms with Gasteiger partial charge in [0.15, 0.2) is 0 Å². The molecule has 1 heterocycles. The van der Waals surface area contributed by atoms with Crippen molar-refractivity contribution in [2.75, 3.05) is 19.5 Å². The molecule has 0 radical (unpaired) electrons. The fraction of sp³-hybridized carbons (Fsp3) is 0.278. The number of pyridine rings is 1. The minimum Gasteiger partial charge on any atom is -0.495 e. The molecular weight excluding hydrogens is 322 g/mol. The summed E-state index contributed by atoms with van der Waals surface area (Å²) in [5.41, 5.74) is 8.01. The lowest BCUT2D eigenvalue weighted by Gasteiger charge is -2.13. The number of nitrogens with two attached hydrogens (primary N) is 1. The molecule has 7 nitrogen and oxygen atoms in total. The van der Waals surface area contributed by atoms with Crippen LogP contribution in [-0.2, 0) is 9.53 Å². The third-order valence-corrected chi connectivity index (χ3v) is 3.47. The monoisotopic (exact) mass is 343 g/mol. The second kappa shape index (κ2) is 8.25. The molecule has 2 aromatic rings. The lowest BCUT2D eigenvalue weighted by Crippen LogP contribution is -2.24. The third kappa shape index (κ3) is 4.77. The number of aromatic nitrogens is 1. The van der Waals surface area contributed by atoms with Crippen LogP contribution in [0.3, 0.4) is 0 Å². The molecule has 132 valence electrons. The predicted octanol–water partition coefficient (Wildman–Crippen LogP) is 2.22. The third-order valence-electron chi connectivity index (χ3n) is 3.47. The average molecular weight is 343 g/mol. The molecule has 1 amide bonds. The van der Waals surface area contributed by atoms with Crippen molar-refractivity contribution in [1.29, 1.82) is 0 Å². The minimum absolute atomic E-state index is 0.201. The van der Waals surface area contributed by atoms with E-state index in [-0.39, 0.29) is 18.4 Å².